The third-order valence-corrected chi connectivity index (χ3v) is 1.39. The molecule has 12 heavy (non-hydrogen) atoms. The normalized spacial score (nSPS) is 8.75. The van der Waals surface area contributed by atoms with Crippen molar-refractivity contribution in [3.05, 3.63) is 33.9 Å². The first-order valence-corrected chi connectivity index (χ1v) is 3.05. The number of phenolic OH excluding ortho intramolecular Hbond substituents is 1. The Morgan fingerprint density at radius 1 is 1.50 bits per heavy atom. The molecule has 0 unspecified atom stereocenters. The second kappa shape index (κ2) is 4.78. The second-order valence-electron chi connectivity index (χ2n) is 2.23. The minimum Gasteiger partial charge on any atom is -0.508 e. The number of hydrogen-bond acceptors (Lipinski definition) is 3. The Balaban J connectivity index is 0.00000121. The molecular formula is C7H7AcNO3. The number of hydrogen-bond donors (Lipinski definition) is 1. The summed E-state index contributed by atoms with van der Waals surface area (Å²) in [6.07, 6.45) is 0. The van der Waals surface area contributed by atoms with Crippen LogP contribution in [-0.2, 0) is 0 Å². The summed E-state index contributed by atoms with van der Waals surface area (Å²) in [5.41, 5.74) is 0.498. The van der Waals surface area contributed by atoms with Crippen molar-refractivity contribution in [2.45, 2.75) is 6.92 Å². The number of nitro benzene ring substituents is 1. The molecule has 0 heterocycles. The number of rotatable bonds is 1. The van der Waals surface area contributed by atoms with Crippen LogP contribution in [0, 0.1) is 61.1 Å². The molecule has 4 nitrogen and oxygen atoms in total. The standard InChI is InChI=1S/C7H7NO3.Ac/c1-5-2-3-6(9)4-7(5)8(10)11;/h2-4,9H,1H3;. The van der Waals surface area contributed by atoms with Gasteiger partial charge in [-0.25, -0.2) is 0 Å². The van der Waals surface area contributed by atoms with E-state index in [1.807, 2.05) is 0 Å². The van der Waals surface area contributed by atoms with Crippen LogP contribution in [0.2, 0.25) is 0 Å². The first kappa shape index (κ1) is 11.9. The van der Waals surface area contributed by atoms with Crippen LogP contribution in [0.5, 0.6) is 5.75 Å². The summed E-state index contributed by atoms with van der Waals surface area (Å²) in [4.78, 5) is 9.75. The van der Waals surface area contributed by atoms with Crippen molar-refractivity contribution in [1.29, 1.82) is 0 Å². The van der Waals surface area contributed by atoms with Gasteiger partial charge < -0.3 is 5.11 Å². The van der Waals surface area contributed by atoms with Crippen LogP contribution in [0.25, 0.3) is 0 Å². The molecule has 1 radical (unpaired) electrons. The molecule has 1 N–H and O–H groups in total. The van der Waals surface area contributed by atoms with Gasteiger partial charge in [0.25, 0.3) is 5.69 Å². The fourth-order valence-electron chi connectivity index (χ4n) is 0.794. The zero-order valence-electron chi connectivity index (χ0n) is 6.52. The maximum Gasteiger partial charge on any atom is 0.275 e. The van der Waals surface area contributed by atoms with Crippen LogP contribution in [-0.4, -0.2) is 10.0 Å². The Bertz CT molecular complexity index is 301. The molecule has 0 atom stereocenters. The molecule has 1 rings (SSSR count). The van der Waals surface area contributed by atoms with Crippen LogP contribution in [0.15, 0.2) is 18.2 Å². The van der Waals surface area contributed by atoms with Crippen molar-refractivity contribution >= 4 is 5.69 Å². The maximum atomic E-state index is 10.3. The quantitative estimate of drug-likeness (QED) is 0.595. The summed E-state index contributed by atoms with van der Waals surface area (Å²) in [7, 11) is 0. The van der Waals surface area contributed by atoms with E-state index in [9.17, 15) is 10.1 Å². The van der Waals surface area contributed by atoms with Gasteiger partial charge in [-0.05, 0) is 19.1 Å². The molecule has 0 aliphatic heterocycles. The van der Waals surface area contributed by atoms with E-state index >= 15 is 0 Å². The van der Waals surface area contributed by atoms with E-state index in [1.54, 1.807) is 6.92 Å². The molecule has 0 saturated carbocycles. The van der Waals surface area contributed by atoms with Gasteiger partial charge in [0.1, 0.15) is 5.75 Å². The van der Waals surface area contributed by atoms with E-state index in [2.05, 4.69) is 0 Å². The SMILES string of the molecule is Cc1ccc(O)cc1[N+](=O)[O-].[Ac]. The van der Waals surface area contributed by atoms with Gasteiger partial charge in [-0.1, -0.05) is 0 Å². The summed E-state index contributed by atoms with van der Waals surface area (Å²) < 4.78 is 0. The van der Waals surface area contributed by atoms with Crippen LogP contribution < -0.4 is 0 Å². The van der Waals surface area contributed by atoms with E-state index in [0.29, 0.717) is 5.56 Å². The Morgan fingerprint density at radius 3 is 2.50 bits per heavy atom. The summed E-state index contributed by atoms with van der Waals surface area (Å²) in [5, 5.41) is 19.2. The van der Waals surface area contributed by atoms with Gasteiger partial charge in [0.15, 0.2) is 0 Å². The fraction of sp³-hybridized carbons (Fsp3) is 0.143. The van der Waals surface area contributed by atoms with Crippen molar-refractivity contribution in [2.75, 3.05) is 0 Å². The predicted octanol–water partition coefficient (Wildman–Crippen LogP) is 1.61. The van der Waals surface area contributed by atoms with Crippen molar-refractivity contribution in [1.82, 2.24) is 0 Å². The van der Waals surface area contributed by atoms with Crippen molar-refractivity contribution < 1.29 is 54.1 Å². The largest absolute Gasteiger partial charge is 0.508 e. The minimum absolute atomic E-state index is 0. The second-order valence-corrected chi connectivity index (χ2v) is 2.23. The molecule has 0 aliphatic rings. The van der Waals surface area contributed by atoms with Crippen molar-refractivity contribution in [3.8, 4) is 5.75 Å². The molecule has 0 spiro atoms. The number of benzene rings is 1. The number of aromatic hydroxyl groups is 1. The molecule has 1 aromatic rings. The number of aryl methyl sites for hydroxylation is 1. The molecule has 0 amide bonds. The third-order valence-electron chi connectivity index (χ3n) is 1.39. The Labute approximate surface area is 105 Å². The molecule has 0 aromatic heterocycles. The average Bonchev–Trinajstić information content (AvgIpc) is 1.94. The maximum absolute atomic E-state index is 10.3. The zero-order chi connectivity index (χ0) is 8.43. The first-order valence-electron chi connectivity index (χ1n) is 3.05. The van der Waals surface area contributed by atoms with Gasteiger partial charge in [0.05, 0.1) is 11.0 Å². The van der Waals surface area contributed by atoms with Gasteiger partial charge in [-0.2, -0.15) is 0 Å². The van der Waals surface area contributed by atoms with Crippen LogP contribution in [0.3, 0.4) is 0 Å². The molecule has 61 valence electrons. The van der Waals surface area contributed by atoms with E-state index in [1.165, 1.54) is 12.1 Å². The topological polar surface area (TPSA) is 63.4 Å². The zero-order valence-corrected chi connectivity index (χ0v) is 11.3. The molecule has 0 saturated heterocycles. The van der Waals surface area contributed by atoms with E-state index in [0.717, 1.165) is 6.07 Å². The fourth-order valence-corrected chi connectivity index (χ4v) is 0.794. The predicted molar refractivity (Wildman–Crippen MR) is 39.5 cm³/mol. The molecule has 0 aliphatic carbocycles. The number of phenols is 1. The molecule has 0 fully saturated rings. The Hall–Kier alpha value is -0.138. The van der Waals surface area contributed by atoms with Crippen molar-refractivity contribution in [3.63, 3.8) is 0 Å². The monoisotopic (exact) mass is 380 g/mol. The van der Waals surface area contributed by atoms with Gasteiger partial charge >= 0.3 is 0 Å². The van der Waals surface area contributed by atoms with E-state index in [-0.39, 0.29) is 55.5 Å². The summed E-state index contributed by atoms with van der Waals surface area (Å²) in [5.74, 6) is -0.0812. The molecule has 0 bridgehead atoms. The van der Waals surface area contributed by atoms with Crippen LogP contribution >= 0.6 is 0 Å². The summed E-state index contributed by atoms with van der Waals surface area (Å²) in [6, 6.07) is 4.06. The molecule has 5 heteroatoms. The van der Waals surface area contributed by atoms with Gasteiger partial charge in [0, 0.05) is 49.6 Å². The van der Waals surface area contributed by atoms with E-state index in [4.69, 9.17) is 5.11 Å². The van der Waals surface area contributed by atoms with Gasteiger partial charge in [0.2, 0.25) is 0 Å². The first-order chi connectivity index (χ1) is 5.11. The van der Waals surface area contributed by atoms with Gasteiger partial charge in [-0.3, -0.25) is 10.1 Å². The van der Waals surface area contributed by atoms with E-state index < -0.39 is 4.92 Å². The Morgan fingerprint density at radius 2 is 2.08 bits per heavy atom. The summed E-state index contributed by atoms with van der Waals surface area (Å²) in [6.45, 7) is 1.62. The minimum atomic E-state index is -0.519. The number of nitrogens with zero attached hydrogens (tertiary/aromatic N) is 1. The molecule has 1 aromatic carbocycles. The smallest absolute Gasteiger partial charge is 0.275 e. The number of nitro groups is 1. The van der Waals surface area contributed by atoms with Crippen LogP contribution in [0.4, 0.5) is 5.69 Å². The molecular weight excluding hydrogens is 373 g/mol. The summed E-state index contributed by atoms with van der Waals surface area (Å²) >= 11 is 0. The average molecular weight is 380 g/mol. The van der Waals surface area contributed by atoms with Crippen LogP contribution in [0.1, 0.15) is 5.56 Å². The Kier molecular flexibility index (Phi) is 4.73. The van der Waals surface area contributed by atoms with Crippen molar-refractivity contribution in [2.24, 2.45) is 0 Å². The third kappa shape index (κ3) is 2.72. The van der Waals surface area contributed by atoms with Gasteiger partial charge in [-0.15, -0.1) is 0 Å².